The van der Waals surface area contributed by atoms with E-state index < -0.39 is 10.0 Å². The van der Waals surface area contributed by atoms with Crippen molar-refractivity contribution >= 4 is 39.0 Å². The standard InChI is InChI=1S/C18H21N3O3S2/c1-13-19-15(12-25-13)6-9-18(22)21-10-4-5-14-11-16(7-8-17(14)21)26(23,24)20(2)3/h6-9,11-12H,4-5,10H2,1-3H3/b9-6+. The molecule has 0 aliphatic carbocycles. The predicted octanol–water partition coefficient (Wildman–Crippen LogP) is 2.69. The number of hydrogen-bond donors (Lipinski definition) is 0. The molecule has 1 aliphatic heterocycles. The number of benzene rings is 1. The number of sulfonamides is 1. The molecular formula is C18H21N3O3S2. The summed E-state index contributed by atoms with van der Waals surface area (Å²) in [7, 11) is -0.464. The van der Waals surface area contributed by atoms with Crippen molar-refractivity contribution in [1.82, 2.24) is 9.29 Å². The number of carbonyl (C=O) groups excluding carboxylic acids is 1. The van der Waals surface area contributed by atoms with Crippen LogP contribution in [0.1, 0.15) is 22.7 Å². The summed E-state index contributed by atoms with van der Waals surface area (Å²) in [4.78, 5) is 18.9. The molecule has 0 atom stereocenters. The minimum Gasteiger partial charge on any atom is -0.309 e. The highest BCUT2D eigenvalue weighted by Gasteiger charge is 2.24. The Morgan fingerprint density at radius 2 is 2.12 bits per heavy atom. The van der Waals surface area contributed by atoms with Gasteiger partial charge in [0.2, 0.25) is 10.0 Å². The van der Waals surface area contributed by atoms with Crippen molar-refractivity contribution in [2.75, 3.05) is 25.5 Å². The second-order valence-corrected chi connectivity index (χ2v) is 9.51. The average Bonchev–Trinajstić information content (AvgIpc) is 3.03. The van der Waals surface area contributed by atoms with Gasteiger partial charge in [-0.25, -0.2) is 17.7 Å². The van der Waals surface area contributed by atoms with Crippen LogP contribution in [0.5, 0.6) is 0 Å². The quantitative estimate of drug-likeness (QED) is 0.752. The second kappa shape index (κ2) is 7.30. The van der Waals surface area contributed by atoms with E-state index in [0.29, 0.717) is 6.54 Å². The number of amides is 1. The Kier molecular flexibility index (Phi) is 5.27. The number of thiazole rings is 1. The van der Waals surface area contributed by atoms with Crippen molar-refractivity contribution in [2.24, 2.45) is 0 Å². The zero-order chi connectivity index (χ0) is 18.9. The molecule has 1 aromatic heterocycles. The summed E-state index contributed by atoms with van der Waals surface area (Å²) in [5, 5.41) is 2.86. The van der Waals surface area contributed by atoms with E-state index in [-0.39, 0.29) is 10.8 Å². The lowest BCUT2D eigenvalue weighted by Crippen LogP contribution is -2.34. The molecule has 0 fully saturated rings. The molecule has 0 unspecified atom stereocenters. The number of rotatable bonds is 4. The lowest BCUT2D eigenvalue weighted by atomic mass is 10.0. The molecular weight excluding hydrogens is 370 g/mol. The number of fused-ring (bicyclic) bond motifs is 1. The first-order valence-electron chi connectivity index (χ1n) is 8.26. The zero-order valence-electron chi connectivity index (χ0n) is 15.0. The molecule has 2 aromatic rings. The van der Waals surface area contributed by atoms with Gasteiger partial charge in [0.15, 0.2) is 0 Å². The molecule has 0 radical (unpaired) electrons. The van der Waals surface area contributed by atoms with Crippen LogP contribution in [0.15, 0.2) is 34.6 Å². The summed E-state index contributed by atoms with van der Waals surface area (Å²) >= 11 is 1.54. The molecule has 3 rings (SSSR count). The van der Waals surface area contributed by atoms with Gasteiger partial charge in [0, 0.05) is 37.8 Å². The van der Waals surface area contributed by atoms with E-state index in [0.717, 1.165) is 34.8 Å². The third-order valence-corrected chi connectivity index (χ3v) is 6.85. The van der Waals surface area contributed by atoms with Gasteiger partial charge in [0.1, 0.15) is 0 Å². The molecule has 1 aromatic carbocycles. The maximum absolute atomic E-state index is 12.6. The fraction of sp³-hybridized carbons (Fsp3) is 0.333. The average molecular weight is 392 g/mol. The van der Waals surface area contributed by atoms with Crippen molar-refractivity contribution < 1.29 is 13.2 Å². The minimum atomic E-state index is -3.48. The van der Waals surface area contributed by atoms with E-state index in [9.17, 15) is 13.2 Å². The molecule has 0 saturated heterocycles. The summed E-state index contributed by atoms with van der Waals surface area (Å²) in [5.41, 5.74) is 2.42. The van der Waals surface area contributed by atoms with Gasteiger partial charge in [0.05, 0.1) is 15.6 Å². The van der Waals surface area contributed by atoms with E-state index in [4.69, 9.17) is 0 Å². The topological polar surface area (TPSA) is 70.6 Å². The Morgan fingerprint density at radius 1 is 1.35 bits per heavy atom. The van der Waals surface area contributed by atoms with E-state index in [1.54, 1.807) is 29.2 Å². The van der Waals surface area contributed by atoms with Crippen LogP contribution in [0.25, 0.3) is 6.08 Å². The highest BCUT2D eigenvalue weighted by molar-refractivity contribution is 7.89. The summed E-state index contributed by atoms with van der Waals surface area (Å²) < 4.78 is 25.8. The number of anilines is 1. The number of hydrogen-bond acceptors (Lipinski definition) is 5. The maximum atomic E-state index is 12.6. The predicted molar refractivity (Wildman–Crippen MR) is 104 cm³/mol. The molecule has 6 nitrogen and oxygen atoms in total. The van der Waals surface area contributed by atoms with Gasteiger partial charge in [-0.05, 0) is 49.6 Å². The molecule has 0 N–H and O–H groups in total. The molecule has 8 heteroatoms. The van der Waals surface area contributed by atoms with Crippen molar-refractivity contribution in [3.8, 4) is 0 Å². The molecule has 0 bridgehead atoms. The Morgan fingerprint density at radius 3 is 2.77 bits per heavy atom. The van der Waals surface area contributed by atoms with Crippen molar-refractivity contribution in [3.63, 3.8) is 0 Å². The summed E-state index contributed by atoms with van der Waals surface area (Å²) in [6.45, 7) is 2.54. The highest BCUT2D eigenvalue weighted by atomic mass is 32.2. The Bertz CT molecular complexity index is 962. The SMILES string of the molecule is Cc1nc(/C=C/C(=O)N2CCCc3cc(S(=O)(=O)N(C)C)ccc32)cs1. The van der Waals surface area contributed by atoms with E-state index in [1.165, 1.54) is 35.8 Å². The first-order chi connectivity index (χ1) is 12.3. The molecule has 1 amide bonds. The Balaban J connectivity index is 1.87. The van der Waals surface area contributed by atoms with Crippen molar-refractivity contribution in [3.05, 3.63) is 45.9 Å². The molecule has 26 heavy (non-hydrogen) atoms. The summed E-state index contributed by atoms with van der Waals surface area (Å²) in [5.74, 6) is -0.125. The van der Waals surface area contributed by atoms with Gasteiger partial charge in [-0.2, -0.15) is 0 Å². The van der Waals surface area contributed by atoms with Crippen LogP contribution in [0.4, 0.5) is 5.69 Å². The Labute approximate surface area is 157 Å². The monoisotopic (exact) mass is 391 g/mol. The minimum absolute atomic E-state index is 0.125. The first-order valence-corrected chi connectivity index (χ1v) is 10.6. The fourth-order valence-corrected chi connectivity index (χ4v) is 4.41. The van der Waals surface area contributed by atoms with Gasteiger partial charge in [-0.1, -0.05) is 0 Å². The van der Waals surface area contributed by atoms with Crippen LogP contribution in [0.3, 0.4) is 0 Å². The molecule has 2 heterocycles. The van der Waals surface area contributed by atoms with E-state index in [1.807, 2.05) is 12.3 Å². The smallest absolute Gasteiger partial charge is 0.251 e. The van der Waals surface area contributed by atoms with Gasteiger partial charge in [-0.15, -0.1) is 11.3 Å². The van der Waals surface area contributed by atoms with Crippen LogP contribution in [0.2, 0.25) is 0 Å². The second-order valence-electron chi connectivity index (χ2n) is 6.30. The van der Waals surface area contributed by atoms with Crippen LogP contribution >= 0.6 is 11.3 Å². The third-order valence-electron chi connectivity index (χ3n) is 4.25. The molecule has 0 saturated carbocycles. The number of nitrogens with zero attached hydrogens (tertiary/aromatic N) is 3. The van der Waals surface area contributed by atoms with Gasteiger partial charge < -0.3 is 4.90 Å². The first kappa shape index (κ1) is 18.8. The largest absolute Gasteiger partial charge is 0.309 e. The molecule has 138 valence electrons. The number of aromatic nitrogens is 1. The van der Waals surface area contributed by atoms with Crippen LogP contribution in [-0.4, -0.2) is 44.3 Å². The van der Waals surface area contributed by atoms with Gasteiger partial charge in [-0.3, -0.25) is 4.79 Å². The highest BCUT2D eigenvalue weighted by Crippen LogP contribution is 2.30. The van der Waals surface area contributed by atoms with Crippen LogP contribution in [0, 0.1) is 6.92 Å². The number of carbonyl (C=O) groups is 1. The number of aryl methyl sites for hydroxylation is 2. The molecule has 1 aliphatic rings. The van der Waals surface area contributed by atoms with Crippen LogP contribution in [-0.2, 0) is 21.2 Å². The normalized spacial score (nSPS) is 14.8. The van der Waals surface area contributed by atoms with Gasteiger partial charge in [0.25, 0.3) is 5.91 Å². The van der Waals surface area contributed by atoms with E-state index >= 15 is 0 Å². The molecule has 0 spiro atoms. The summed E-state index contributed by atoms with van der Waals surface area (Å²) in [6, 6.07) is 4.97. The lowest BCUT2D eigenvalue weighted by Gasteiger charge is -2.29. The third kappa shape index (κ3) is 3.72. The summed E-state index contributed by atoms with van der Waals surface area (Å²) in [6.07, 6.45) is 4.79. The fourth-order valence-electron chi connectivity index (χ4n) is 2.88. The van der Waals surface area contributed by atoms with Gasteiger partial charge >= 0.3 is 0 Å². The maximum Gasteiger partial charge on any atom is 0.251 e. The Hall–Kier alpha value is -2.03. The lowest BCUT2D eigenvalue weighted by molar-refractivity contribution is -0.114. The zero-order valence-corrected chi connectivity index (χ0v) is 16.6. The van der Waals surface area contributed by atoms with Crippen molar-refractivity contribution in [2.45, 2.75) is 24.7 Å². The van der Waals surface area contributed by atoms with Crippen LogP contribution < -0.4 is 4.90 Å². The van der Waals surface area contributed by atoms with Crippen molar-refractivity contribution in [1.29, 1.82) is 0 Å². The van der Waals surface area contributed by atoms with E-state index in [2.05, 4.69) is 4.98 Å².